The van der Waals surface area contributed by atoms with Crippen molar-refractivity contribution < 1.29 is 8.42 Å². The van der Waals surface area contributed by atoms with E-state index in [4.69, 9.17) is 0 Å². The maximum absolute atomic E-state index is 12.6. The molecule has 0 atom stereocenters. The summed E-state index contributed by atoms with van der Waals surface area (Å²) in [7, 11) is -3.58. The molecule has 0 unspecified atom stereocenters. The number of anilines is 1. The Labute approximate surface area is 151 Å². The number of hydrogen-bond acceptors (Lipinski definition) is 3. The van der Waals surface area contributed by atoms with Gasteiger partial charge in [0, 0.05) is 12.2 Å². The van der Waals surface area contributed by atoms with Crippen molar-refractivity contribution in [2.45, 2.75) is 31.1 Å². The van der Waals surface area contributed by atoms with Crippen molar-refractivity contribution in [1.82, 2.24) is 5.32 Å². The summed E-state index contributed by atoms with van der Waals surface area (Å²) in [6, 6.07) is 14.5. The Bertz CT molecular complexity index is 797. The molecule has 0 saturated heterocycles. The van der Waals surface area contributed by atoms with Crippen LogP contribution in [0.15, 0.2) is 66.1 Å². The second-order valence-electron chi connectivity index (χ2n) is 6.27. The van der Waals surface area contributed by atoms with E-state index < -0.39 is 10.0 Å². The highest BCUT2D eigenvalue weighted by atomic mass is 32.2. The van der Waals surface area contributed by atoms with Gasteiger partial charge in [0.1, 0.15) is 0 Å². The molecule has 0 heterocycles. The average Bonchev–Trinajstić information content (AvgIpc) is 2.59. The lowest BCUT2D eigenvalue weighted by atomic mass is 10.0. The molecule has 0 aliphatic carbocycles. The van der Waals surface area contributed by atoms with Crippen molar-refractivity contribution in [3.8, 4) is 0 Å². The van der Waals surface area contributed by atoms with E-state index in [1.165, 1.54) is 0 Å². The summed E-state index contributed by atoms with van der Waals surface area (Å²) in [5.74, 6) is 0.371. The minimum atomic E-state index is -3.58. The SMILES string of the molecule is C=CCNCCc1cccc(NS(=O)(=O)c2ccc(C(C)C)cc2)c1. The van der Waals surface area contributed by atoms with Crippen molar-refractivity contribution in [2.24, 2.45) is 0 Å². The van der Waals surface area contributed by atoms with Crippen LogP contribution in [-0.2, 0) is 16.4 Å². The molecule has 0 spiro atoms. The summed E-state index contributed by atoms with van der Waals surface area (Å²) in [4.78, 5) is 0.273. The van der Waals surface area contributed by atoms with Gasteiger partial charge in [-0.1, -0.05) is 44.2 Å². The zero-order valence-corrected chi connectivity index (χ0v) is 15.6. The highest BCUT2D eigenvalue weighted by Gasteiger charge is 2.14. The molecule has 0 radical (unpaired) electrons. The van der Waals surface area contributed by atoms with E-state index in [0.29, 0.717) is 11.6 Å². The Kier molecular flexibility index (Phi) is 6.79. The van der Waals surface area contributed by atoms with Crippen molar-refractivity contribution in [3.63, 3.8) is 0 Å². The van der Waals surface area contributed by atoms with Gasteiger partial charge in [-0.25, -0.2) is 8.42 Å². The normalized spacial score (nSPS) is 11.5. The fraction of sp³-hybridized carbons (Fsp3) is 0.300. The fourth-order valence-corrected chi connectivity index (χ4v) is 3.52. The quantitative estimate of drug-likeness (QED) is 0.527. The van der Waals surface area contributed by atoms with Crippen LogP contribution in [0, 0.1) is 0 Å². The molecule has 2 aromatic carbocycles. The van der Waals surface area contributed by atoms with Gasteiger partial charge >= 0.3 is 0 Å². The topological polar surface area (TPSA) is 58.2 Å². The first-order chi connectivity index (χ1) is 11.9. The van der Waals surface area contributed by atoms with Crippen LogP contribution >= 0.6 is 0 Å². The van der Waals surface area contributed by atoms with Gasteiger partial charge in [-0.3, -0.25) is 4.72 Å². The largest absolute Gasteiger partial charge is 0.313 e. The van der Waals surface area contributed by atoms with Gasteiger partial charge < -0.3 is 5.32 Å². The summed E-state index contributed by atoms with van der Waals surface area (Å²) in [6.45, 7) is 9.41. The summed E-state index contributed by atoms with van der Waals surface area (Å²) in [6.07, 6.45) is 2.64. The number of benzene rings is 2. The summed E-state index contributed by atoms with van der Waals surface area (Å²) >= 11 is 0. The van der Waals surface area contributed by atoms with Crippen LogP contribution in [0.5, 0.6) is 0 Å². The first-order valence-corrected chi connectivity index (χ1v) is 9.94. The Morgan fingerprint density at radius 2 is 1.84 bits per heavy atom. The minimum absolute atomic E-state index is 0.273. The van der Waals surface area contributed by atoms with Crippen LogP contribution < -0.4 is 10.0 Å². The molecule has 2 aromatic rings. The predicted molar refractivity (Wildman–Crippen MR) is 105 cm³/mol. The summed E-state index contributed by atoms with van der Waals surface area (Å²) in [5, 5.41) is 3.23. The third kappa shape index (κ3) is 5.73. The van der Waals surface area contributed by atoms with Gasteiger partial charge in [0.25, 0.3) is 10.0 Å². The molecule has 134 valence electrons. The molecule has 0 bridgehead atoms. The monoisotopic (exact) mass is 358 g/mol. The van der Waals surface area contributed by atoms with Gasteiger partial charge in [0.2, 0.25) is 0 Å². The van der Waals surface area contributed by atoms with Crippen LogP contribution in [0.1, 0.15) is 30.9 Å². The third-order valence-electron chi connectivity index (χ3n) is 3.92. The number of hydrogen-bond donors (Lipinski definition) is 2. The lowest BCUT2D eigenvalue weighted by Crippen LogP contribution is -2.17. The molecule has 2 rings (SSSR count). The van der Waals surface area contributed by atoms with Crippen LogP contribution in [-0.4, -0.2) is 21.5 Å². The Morgan fingerprint density at radius 1 is 1.12 bits per heavy atom. The zero-order chi connectivity index (χ0) is 18.3. The minimum Gasteiger partial charge on any atom is -0.313 e. The first kappa shape index (κ1) is 19.2. The second-order valence-corrected chi connectivity index (χ2v) is 7.95. The number of sulfonamides is 1. The fourth-order valence-electron chi connectivity index (χ4n) is 2.47. The van der Waals surface area contributed by atoms with Gasteiger partial charge in [0.05, 0.1) is 4.90 Å². The lowest BCUT2D eigenvalue weighted by Gasteiger charge is -2.11. The highest BCUT2D eigenvalue weighted by Crippen LogP contribution is 2.20. The van der Waals surface area contributed by atoms with Gasteiger partial charge in [0.15, 0.2) is 0 Å². The molecule has 0 amide bonds. The van der Waals surface area contributed by atoms with Crippen LogP contribution in [0.4, 0.5) is 5.69 Å². The van der Waals surface area contributed by atoms with Gasteiger partial charge in [-0.2, -0.15) is 0 Å². The Hall–Kier alpha value is -2.11. The molecule has 25 heavy (non-hydrogen) atoms. The Balaban J connectivity index is 2.08. The maximum Gasteiger partial charge on any atom is 0.261 e. The van der Waals surface area contributed by atoms with E-state index >= 15 is 0 Å². The van der Waals surface area contributed by atoms with Crippen molar-refractivity contribution in [3.05, 3.63) is 72.3 Å². The van der Waals surface area contributed by atoms with Gasteiger partial charge in [-0.05, 0) is 54.3 Å². The summed E-state index contributed by atoms with van der Waals surface area (Å²) in [5.41, 5.74) is 2.77. The van der Waals surface area contributed by atoms with Crippen molar-refractivity contribution >= 4 is 15.7 Å². The molecule has 2 N–H and O–H groups in total. The molecule has 5 heteroatoms. The van der Waals surface area contributed by atoms with Crippen LogP contribution in [0.25, 0.3) is 0 Å². The number of nitrogens with one attached hydrogen (secondary N) is 2. The van der Waals surface area contributed by atoms with Crippen LogP contribution in [0.2, 0.25) is 0 Å². The molecule has 0 aromatic heterocycles. The molecular formula is C20H26N2O2S. The maximum atomic E-state index is 12.6. The molecule has 0 saturated carbocycles. The second kappa shape index (κ2) is 8.83. The molecule has 4 nitrogen and oxygen atoms in total. The van der Waals surface area contributed by atoms with E-state index in [-0.39, 0.29) is 4.90 Å². The third-order valence-corrected chi connectivity index (χ3v) is 5.31. The van der Waals surface area contributed by atoms with E-state index in [0.717, 1.165) is 30.6 Å². The predicted octanol–water partition coefficient (Wildman–Crippen LogP) is 3.93. The standard InChI is InChI=1S/C20H26N2O2S/c1-4-13-21-14-12-17-6-5-7-19(15-17)22-25(23,24)20-10-8-18(9-11-20)16(2)3/h4-11,15-16,21-22H,1,12-14H2,2-3H3. The molecular weight excluding hydrogens is 332 g/mol. The molecule has 0 fully saturated rings. The van der Waals surface area contributed by atoms with Crippen molar-refractivity contribution in [1.29, 1.82) is 0 Å². The highest BCUT2D eigenvalue weighted by molar-refractivity contribution is 7.92. The van der Waals surface area contributed by atoms with E-state index in [9.17, 15) is 8.42 Å². The molecule has 0 aliphatic rings. The summed E-state index contributed by atoms with van der Waals surface area (Å²) < 4.78 is 27.8. The Morgan fingerprint density at radius 3 is 2.48 bits per heavy atom. The smallest absolute Gasteiger partial charge is 0.261 e. The van der Waals surface area contributed by atoms with Crippen LogP contribution in [0.3, 0.4) is 0 Å². The average molecular weight is 359 g/mol. The lowest BCUT2D eigenvalue weighted by molar-refractivity contribution is 0.601. The van der Waals surface area contributed by atoms with Crippen molar-refractivity contribution in [2.75, 3.05) is 17.8 Å². The number of rotatable bonds is 9. The molecule has 0 aliphatic heterocycles. The van der Waals surface area contributed by atoms with E-state index in [1.807, 2.05) is 36.4 Å². The first-order valence-electron chi connectivity index (χ1n) is 8.45. The van der Waals surface area contributed by atoms with E-state index in [1.54, 1.807) is 18.2 Å². The zero-order valence-electron chi connectivity index (χ0n) is 14.8. The van der Waals surface area contributed by atoms with E-state index in [2.05, 4.69) is 30.5 Å². The van der Waals surface area contributed by atoms with Gasteiger partial charge in [-0.15, -0.1) is 6.58 Å².